The average Bonchev–Trinajstić information content (AvgIpc) is 3.11. The van der Waals surface area contributed by atoms with Crippen molar-refractivity contribution in [2.45, 2.75) is 25.4 Å². The highest BCUT2D eigenvalue weighted by Crippen LogP contribution is 2.46. The van der Waals surface area contributed by atoms with Crippen molar-refractivity contribution >= 4 is 29.2 Å². The monoisotopic (exact) mass is 382 g/mol. The van der Waals surface area contributed by atoms with Gasteiger partial charge in [-0.15, -0.1) is 0 Å². The maximum atomic E-state index is 14.7. The number of ether oxygens (including phenoxy) is 1. The van der Waals surface area contributed by atoms with Gasteiger partial charge >= 0.3 is 12.0 Å². The molecule has 1 aromatic carbocycles. The lowest BCUT2D eigenvalue weighted by Gasteiger charge is -2.16. The molecule has 1 saturated heterocycles. The van der Waals surface area contributed by atoms with Crippen LogP contribution in [0.2, 0.25) is 0 Å². The van der Waals surface area contributed by atoms with Crippen molar-refractivity contribution in [1.29, 1.82) is 0 Å². The van der Waals surface area contributed by atoms with Gasteiger partial charge < -0.3 is 19.8 Å². The van der Waals surface area contributed by atoms with Gasteiger partial charge in [0.25, 0.3) is 0 Å². The van der Waals surface area contributed by atoms with Crippen LogP contribution in [0.3, 0.4) is 0 Å². The maximum Gasteiger partial charge on any atom is 0.414 e. The van der Waals surface area contributed by atoms with E-state index in [2.05, 4.69) is 15.3 Å². The number of halogens is 2. The topological polar surface area (TPSA) is 83.5 Å². The number of nitrogens with one attached hydrogen (secondary N) is 1. The van der Waals surface area contributed by atoms with Crippen LogP contribution in [0.15, 0.2) is 23.4 Å². The molecule has 10 heteroatoms. The molecule has 2 aliphatic heterocycles. The van der Waals surface area contributed by atoms with Gasteiger partial charge in [-0.05, 0) is 18.2 Å². The molecule has 27 heavy (non-hydrogen) atoms. The zero-order valence-electron chi connectivity index (χ0n) is 15.2. The van der Waals surface area contributed by atoms with E-state index in [-0.39, 0.29) is 35.9 Å². The number of carbonyl (C=O) groups excluding carboxylic acids is 2. The molecule has 8 nitrogen and oxygen atoms in total. The summed E-state index contributed by atoms with van der Waals surface area (Å²) in [6.45, 7) is 2.04. The first-order valence-corrected chi connectivity index (χ1v) is 8.42. The average molecular weight is 382 g/mol. The van der Waals surface area contributed by atoms with Gasteiger partial charge in [-0.1, -0.05) is 12.1 Å². The number of oxime groups is 1. The Balaban J connectivity index is 1.82. The van der Waals surface area contributed by atoms with Gasteiger partial charge in [0.05, 0.1) is 24.3 Å². The first-order valence-electron chi connectivity index (χ1n) is 8.42. The minimum atomic E-state index is -3.35. The van der Waals surface area contributed by atoms with Crippen LogP contribution in [0.4, 0.5) is 25.0 Å². The number of carbonyl (C=O) groups is 2. The number of nitrogens with zero attached hydrogens (tertiary/aromatic N) is 3. The number of alkyl halides is 2. The van der Waals surface area contributed by atoms with Crippen LogP contribution < -0.4 is 15.1 Å². The molecule has 3 rings (SSSR count). The number of rotatable bonds is 5. The Hall–Kier alpha value is -2.91. The Morgan fingerprint density at radius 1 is 1.48 bits per heavy atom. The van der Waals surface area contributed by atoms with Crippen LogP contribution in [-0.4, -0.2) is 51.2 Å². The minimum Gasteiger partial charge on any atom is -0.442 e. The Bertz CT molecular complexity index is 799. The van der Waals surface area contributed by atoms with Crippen LogP contribution in [0, 0.1) is 0 Å². The van der Waals surface area contributed by atoms with Crippen molar-refractivity contribution < 1.29 is 27.9 Å². The number of amidine groups is 1. The zero-order valence-corrected chi connectivity index (χ0v) is 15.2. The molecule has 0 saturated carbocycles. The first-order chi connectivity index (χ1) is 12.8. The van der Waals surface area contributed by atoms with E-state index in [9.17, 15) is 18.4 Å². The fourth-order valence-electron chi connectivity index (χ4n) is 3.08. The van der Waals surface area contributed by atoms with Gasteiger partial charge in [0, 0.05) is 19.2 Å². The molecule has 146 valence electrons. The number of fused-ring (bicyclic) bond motifs is 1. The normalized spacial score (nSPS) is 22.0. The molecular weight excluding hydrogens is 362 g/mol. The van der Waals surface area contributed by atoms with Crippen molar-refractivity contribution in [3.63, 3.8) is 0 Å². The summed E-state index contributed by atoms with van der Waals surface area (Å²) in [6, 6.07) is 4.31. The molecule has 0 bridgehead atoms. The standard InChI is InChI=1S/C17H20F2N4O4/c1-4-14(24)20-8-11-9-23(16(25)27-11)10-5-6-13-12(7-10)17(18,19)15(21-26-3)22(13)2/h5-7,11H,4,8-9H2,1-3H3,(H,20,24)/b21-15+/t11-/m1/s1. The van der Waals surface area contributed by atoms with Crippen LogP contribution in [0.25, 0.3) is 0 Å². The smallest absolute Gasteiger partial charge is 0.414 e. The highest BCUT2D eigenvalue weighted by atomic mass is 19.3. The van der Waals surface area contributed by atoms with Crippen molar-refractivity contribution in [1.82, 2.24) is 5.32 Å². The van der Waals surface area contributed by atoms with Gasteiger partial charge in [-0.3, -0.25) is 9.69 Å². The number of hydrogen-bond acceptors (Lipinski definition) is 5. The quantitative estimate of drug-likeness (QED) is 0.788. The molecule has 2 amide bonds. The molecule has 1 fully saturated rings. The summed E-state index contributed by atoms with van der Waals surface area (Å²) in [5, 5.41) is 6.07. The van der Waals surface area contributed by atoms with E-state index >= 15 is 0 Å². The van der Waals surface area contributed by atoms with E-state index in [1.165, 1.54) is 36.1 Å². The molecule has 0 aromatic heterocycles. The Kier molecular flexibility index (Phi) is 4.90. The number of benzene rings is 1. The number of likely N-dealkylation sites (N-methyl/N-ethyl adjacent to an activating group) is 1. The van der Waals surface area contributed by atoms with Crippen LogP contribution in [0.5, 0.6) is 0 Å². The Labute approximate surface area is 154 Å². The lowest BCUT2D eigenvalue weighted by atomic mass is 10.1. The second-order valence-electron chi connectivity index (χ2n) is 6.21. The summed E-state index contributed by atoms with van der Waals surface area (Å²) < 4.78 is 34.6. The largest absolute Gasteiger partial charge is 0.442 e. The molecule has 0 unspecified atom stereocenters. The van der Waals surface area contributed by atoms with E-state index < -0.39 is 24.0 Å². The molecule has 1 atom stereocenters. The van der Waals surface area contributed by atoms with Crippen molar-refractivity contribution in [2.75, 3.05) is 37.0 Å². The summed E-state index contributed by atoms with van der Waals surface area (Å²) in [5.41, 5.74) is 0.294. The van der Waals surface area contributed by atoms with E-state index in [4.69, 9.17) is 4.74 Å². The maximum absolute atomic E-state index is 14.7. The van der Waals surface area contributed by atoms with Crippen LogP contribution in [0.1, 0.15) is 18.9 Å². The summed E-state index contributed by atoms with van der Waals surface area (Å²) >= 11 is 0. The number of cyclic esters (lactones) is 1. The summed E-state index contributed by atoms with van der Waals surface area (Å²) in [6.07, 6.45) is -0.871. The first kappa shape index (κ1) is 18.9. The molecule has 2 aliphatic rings. The third kappa shape index (κ3) is 3.26. The predicted molar refractivity (Wildman–Crippen MR) is 94.1 cm³/mol. The number of anilines is 2. The van der Waals surface area contributed by atoms with Gasteiger partial charge in [-0.2, -0.15) is 8.78 Å². The highest BCUT2D eigenvalue weighted by molar-refractivity contribution is 6.09. The molecule has 0 spiro atoms. The number of amides is 2. The SMILES string of the molecule is CCC(=O)NC[C@@H]1CN(c2ccc3c(c2)C(F)(F)/C(=N\OC)N3C)C(=O)O1. The van der Waals surface area contributed by atoms with Gasteiger partial charge in [0.15, 0.2) is 0 Å². The molecule has 1 aromatic rings. The Morgan fingerprint density at radius 2 is 2.22 bits per heavy atom. The van der Waals surface area contributed by atoms with Crippen LogP contribution in [-0.2, 0) is 20.3 Å². The molecule has 0 radical (unpaired) electrons. The number of hydrogen-bond donors (Lipinski definition) is 1. The predicted octanol–water partition coefficient (Wildman–Crippen LogP) is 2.04. The lowest BCUT2D eigenvalue weighted by Crippen LogP contribution is -2.34. The second kappa shape index (κ2) is 7.01. The fourth-order valence-corrected chi connectivity index (χ4v) is 3.08. The summed E-state index contributed by atoms with van der Waals surface area (Å²) in [4.78, 5) is 30.5. The third-order valence-corrected chi connectivity index (χ3v) is 4.49. The van der Waals surface area contributed by atoms with Gasteiger partial charge in [0.1, 0.15) is 13.2 Å². The van der Waals surface area contributed by atoms with E-state index in [0.29, 0.717) is 6.42 Å². The third-order valence-electron chi connectivity index (χ3n) is 4.49. The van der Waals surface area contributed by atoms with Gasteiger partial charge in [-0.25, -0.2) is 4.79 Å². The zero-order chi connectivity index (χ0) is 19.8. The van der Waals surface area contributed by atoms with E-state index in [1.807, 2.05) is 0 Å². The van der Waals surface area contributed by atoms with Crippen LogP contribution >= 0.6 is 0 Å². The molecule has 2 heterocycles. The van der Waals surface area contributed by atoms with Gasteiger partial charge in [0.2, 0.25) is 11.7 Å². The van der Waals surface area contributed by atoms with Crippen molar-refractivity contribution in [2.24, 2.45) is 5.16 Å². The fraction of sp³-hybridized carbons (Fsp3) is 0.471. The molecule has 1 N–H and O–H groups in total. The summed E-state index contributed by atoms with van der Waals surface area (Å²) in [5.74, 6) is -4.04. The molecule has 0 aliphatic carbocycles. The van der Waals surface area contributed by atoms with E-state index in [0.717, 1.165) is 0 Å². The second-order valence-corrected chi connectivity index (χ2v) is 6.21. The minimum absolute atomic E-state index is 0.155. The lowest BCUT2D eigenvalue weighted by molar-refractivity contribution is -0.121. The summed E-state index contributed by atoms with van der Waals surface area (Å²) in [7, 11) is 2.66. The van der Waals surface area contributed by atoms with Crippen molar-refractivity contribution in [3.05, 3.63) is 23.8 Å². The highest BCUT2D eigenvalue weighted by Gasteiger charge is 2.50. The Morgan fingerprint density at radius 3 is 2.89 bits per heavy atom. The van der Waals surface area contributed by atoms with Crippen molar-refractivity contribution in [3.8, 4) is 0 Å². The van der Waals surface area contributed by atoms with E-state index in [1.54, 1.807) is 13.0 Å². The molecular formula is C17H20F2N4O4.